The molecule has 0 radical (unpaired) electrons. The fourth-order valence-electron chi connectivity index (χ4n) is 1.60. The Balaban J connectivity index is 1.87. The first-order chi connectivity index (χ1) is 8.93. The lowest BCUT2D eigenvalue weighted by Crippen LogP contribution is -2.00. The summed E-state index contributed by atoms with van der Waals surface area (Å²) in [5.41, 5.74) is 2.19. The van der Waals surface area contributed by atoms with Crippen LogP contribution in [0.5, 0.6) is 5.88 Å². The van der Waals surface area contributed by atoms with E-state index in [1.54, 1.807) is 12.4 Å². The van der Waals surface area contributed by atoms with Crippen LogP contribution in [0.15, 0.2) is 49.1 Å². The molecule has 0 unspecified atom stereocenters. The van der Waals surface area contributed by atoms with Crippen LogP contribution in [0.2, 0.25) is 0 Å². The molecule has 3 rings (SSSR count). The number of rotatable bonds is 3. The Morgan fingerprint density at radius 3 is 2.61 bits per heavy atom. The summed E-state index contributed by atoms with van der Waals surface area (Å²) in [4.78, 5) is 16.4. The van der Waals surface area contributed by atoms with Crippen LogP contribution in [0.3, 0.4) is 0 Å². The highest BCUT2D eigenvalue weighted by atomic mass is 16.5. The van der Waals surface area contributed by atoms with Gasteiger partial charge in [-0.05, 0) is 5.56 Å². The van der Waals surface area contributed by atoms with Crippen molar-refractivity contribution < 1.29 is 4.74 Å². The van der Waals surface area contributed by atoms with Gasteiger partial charge in [0, 0.05) is 12.4 Å². The van der Waals surface area contributed by atoms with Gasteiger partial charge < -0.3 is 4.74 Å². The third-order valence-electron chi connectivity index (χ3n) is 2.45. The summed E-state index contributed by atoms with van der Waals surface area (Å²) in [7, 11) is 0. The minimum atomic E-state index is 0.448. The normalized spacial score (nSPS) is 10.4. The fraction of sp³-hybridized carbons (Fsp3) is 0.0769. The summed E-state index contributed by atoms with van der Waals surface area (Å²) in [6.07, 6.45) is 4.62. The molecule has 0 fully saturated rings. The van der Waals surface area contributed by atoms with E-state index in [1.165, 1.54) is 6.33 Å². The molecular formula is C13H10N4O. The van der Waals surface area contributed by atoms with Crippen LogP contribution in [-0.2, 0) is 6.61 Å². The second kappa shape index (κ2) is 4.75. The van der Waals surface area contributed by atoms with Crippen molar-refractivity contribution in [2.75, 3.05) is 0 Å². The number of nitrogens with zero attached hydrogens (tertiary/aromatic N) is 4. The van der Waals surface area contributed by atoms with E-state index in [4.69, 9.17) is 4.74 Å². The van der Waals surface area contributed by atoms with Crippen molar-refractivity contribution in [3.8, 4) is 5.88 Å². The van der Waals surface area contributed by atoms with Crippen LogP contribution in [-0.4, -0.2) is 19.9 Å². The van der Waals surface area contributed by atoms with Gasteiger partial charge in [-0.3, -0.25) is 0 Å². The molecule has 0 amide bonds. The van der Waals surface area contributed by atoms with Crippen molar-refractivity contribution in [3.63, 3.8) is 0 Å². The molecule has 88 valence electrons. The predicted octanol–water partition coefficient (Wildman–Crippen LogP) is 2.00. The second-order valence-corrected chi connectivity index (χ2v) is 3.68. The molecule has 1 aromatic carbocycles. The molecule has 0 aliphatic heterocycles. The van der Waals surface area contributed by atoms with Crippen molar-refractivity contribution in [2.45, 2.75) is 6.61 Å². The van der Waals surface area contributed by atoms with Gasteiger partial charge in [-0.2, -0.15) is 4.98 Å². The molecule has 5 nitrogen and oxygen atoms in total. The topological polar surface area (TPSA) is 60.8 Å². The van der Waals surface area contributed by atoms with Gasteiger partial charge in [0.25, 0.3) is 0 Å². The molecule has 0 bridgehead atoms. The number of ether oxygens (including phenoxy) is 1. The van der Waals surface area contributed by atoms with E-state index >= 15 is 0 Å². The number of fused-ring (bicyclic) bond motifs is 1. The van der Waals surface area contributed by atoms with Crippen LogP contribution >= 0.6 is 0 Å². The molecule has 2 aromatic heterocycles. The highest BCUT2D eigenvalue weighted by Gasteiger charge is 2.06. The zero-order chi connectivity index (χ0) is 12.2. The highest BCUT2D eigenvalue weighted by Crippen LogP contribution is 2.17. The quantitative estimate of drug-likeness (QED) is 0.698. The van der Waals surface area contributed by atoms with Gasteiger partial charge in [0.15, 0.2) is 11.2 Å². The summed E-state index contributed by atoms with van der Waals surface area (Å²) in [5.74, 6) is 0.456. The molecule has 18 heavy (non-hydrogen) atoms. The van der Waals surface area contributed by atoms with Gasteiger partial charge in [0.2, 0.25) is 5.88 Å². The van der Waals surface area contributed by atoms with Crippen LogP contribution in [0, 0.1) is 0 Å². The molecule has 0 aliphatic rings. The average Bonchev–Trinajstić information content (AvgIpc) is 2.46. The van der Waals surface area contributed by atoms with Crippen molar-refractivity contribution >= 4 is 11.2 Å². The van der Waals surface area contributed by atoms with Crippen molar-refractivity contribution in [1.29, 1.82) is 0 Å². The lowest BCUT2D eigenvalue weighted by atomic mass is 10.2. The largest absolute Gasteiger partial charge is 0.471 e. The molecule has 3 aromatic rings. The molecule has 0 saturated heterocycles. The Morgan fingerprint density at radius 2 is 1.72 bits per heavy atom. The van der Waals surface area contributed by atoms with Crippen LogP contribution in [0.25, 0.3) is 11.2 Å². The van der Waals surface area contributed by atoms with Crippen LogP contribution < -0.4 is 4.74 Å². The molecule has 0 N–H and O–H groups in total. The van der Waals surface area contributed by atoms with Gasteiger partial charge in [-0.15, -0.1) is 0 Å². The third-order valence-corrected chi connectivity index (χ3v) is 2.45. The van der Waals surface area contributed by atoms with Gasteiger partial charge >= 0.3 is 0 Å². The first-order valence-electron chi connectivity index (χ1n) is 5.52. The molecule has 0 aliphatic carbocycles. The van der Waals surface area contributed by atoms with E-state index in [0.29, 0.717) is 23.7 Å². The molecular weight excluding hydrogens is 228 g/mol. The molecule has 0 spiro atoms. The van der Waals surface area contributed by atoms with E-state index in [2.05, 4.69) is 19.9 Å². The van der Waals surface area contributed by atoms with Gasteiger partial charge in [-0.1, -0.05) is 30.3 Å². The van der Waals surface area contributed by atoms with Gasteiger partial charge in [0.1, 0.15) is 12.9 Å². The van der Waals surface area contributed by atoms with Gasteiger partial charge in [-0.25, -0.2) is 15.0 Å². The maximum atomic E-state index is 5.65. The lowest BCUT2D eigenvalue weighted by molar-refractivity contribution is 0.297. The average molecular weight is 238 g/mol. The van der Waals surface area contributed by atoms with Crippen LogP contribution in [0.1, 0.15) is 5.56 Å². The lowest BCUT2D eigenvalue weighted by Gasteiger charge is -2.06. The minimum absolute atomic E-state index is 0.448. The molecule has 5 heteroatoms. The smallest absolute Gasteiger partial charge is 0.245 e. The predicted molar refractivity (Wildman–Crippen MR) is 65.9 cm³/mol. The van der Waals surface area contributed by atoms with E-state index < -0.39 is 0 Å². The summed E-state index contributed by atoms with van der Waals surface area (Å²) < 4.78 is 5.65. The minimum Gasteiger partial charge on any atom is -0.471 e. The number of aromatic nitrogens is 4. The van der Waals surface area contributed by atoms with Crippen molar-refractivity contribution in [3.05, 3.63) is 54.6 Å². The Morgan fingerprint density at radius 1 is 0.889 bits per heavy atom. The van der Waals surface area contributed by atoms with E-state index in [9.17, 15) is 0 Å². The van der Waals surface area contributed by atoms with Gasteiger partial charge in [0.05, 0.1) is 0 Å². The van der Waals surface area contributed by atoms with E-state index in [-0.39, 0.29) is 0 Å². The monoisotopic (exact) mass is 238 g/mol. The maximum Gasteiger partial charge on any atom is 0.245 e. The Kier molecular flexibility index (Phi) is 2.79. The summed E-state index contributed by atoms with van der Waals surface area (Å²) in [5, 5.41) is 0. The number of benzene rings is 1. The molecule has 2 heterocycles. The second-order valence-electron chi connectivity index (χ2n) is 3.68. The maximum absolute atomic E-state index is 5.65. The van der Waals surface area contributed by atoms with Crippen LogP contribution in [0.4, 0.5) is 0 Å². The standard InChI is InChI=1S/C13H10N4O/c1-2-4-10(5-3-1)8-18-13-11-12(16-9-17-13)15-7-6-14-11/h1-7,9H,8H2. The third kappa shape index (κ3) is 2.10. The molecule has 0 atom stereocenters. The zero-order valence-electron chi connectivity index (χ0n) is 9.52. The van der Waals surface area contributed by atoms with Crippen molar-refractivity contribution in [2.24, 2.45) is 0 Å². The summed E-state index contributed by atoms with van der Waals surface area (Å²) in [6, 6.07) is 9.90. The van der Waals surface area contributed by atoms with E-state index in [0.717, 1.165) is 5.56 Å². The SMILES string of the molecule is c1ccc(COc2ncnc3nccnc23)cc1. The highest BCUT2D eigenvalue weighted by molar-refractivity contribution is 5.74. The van der Waals surface area contributed by atoms with Crippen molar-refractivity contribution in [1.82, 2.24) is 19.9 Å². The molecule has 0 saturated carbocycles. The first-order valence-corrected chi connectivity index (χ1v) is 5.52. The summed E-state index contributed by atoms with van der Waals surface area (Å²) in [6.45, 7) is 0.448. The summed E-state index contributed by atoms with van der Waals surface area (Å²) >= 11 is 0. The Hall–Kier alpha value is -2.56. The number of hydrogen-bond donors (Lipinski definition) is 0. The van der Waals surface area contributed by atoms with E-state index in [1.807, 2.05) is 30.3 Å². The fourth-order valence-corrected chi connectivity index (χ4v) is 1.60. The zero-order valence-corrected chi connectivity index (χ0v) is 9.52. The number of hydrogen-bond acceptors (Lipinski definition) is 5. The Bertz CT molecular complexity index is 652. The Labute approximate surface area is 104 Å². The first kappa shape index (κ1) is 10.6.